The summed E-state index contributed by atoms with van der Waals surface area (Å²) in [4.78, 5) is 15.6. The number of anilines is 2. The Kier molecular flexibility index (Phi) is 6.09. The van der Waals surface area contributed by atoms with E-state index in [0.29, 0.717) is 11.4 Å². The molecule has 3 aromatic rings. The van der Waals surface area contributed by atoms with Crippen molar-refractivity contribution in [2.24, 2.45) is 5.41 Å². The van der Waals surface area contributed by atoms with E-state index in [9.17, 15) is 4.79 Å². The van der Waals surface area contributed by atoms with Crippen LogP contribution in [0.25, 0.3) is 0 Å². The van der Waals surface area contributed by atoms with Crippen LogP contribution in [0.4, 0.5) is 11.4 Å². The molecular formula is C28H27ClN2O2S. The lowest BCUT2D eigenvalue weighted by atomic mass is 9.73. The molecule has 174 valence electrons. The predicted octanol–water partition coefficient (Wildman–Crippen LogP) is 7.72. The standard InChI is InChI=1S/C28H27ClN2O2S/c1-28(2)15-24-26(25(32)16-28)27(20-6-4-5-7-21(20)29)31-23-14-19(12-13-22(23)30-24)34-18-10-8-17(33-3)9-11-18/h4-14,27,30-31H,15-16H2,1-3H3. The maximum atomic E-state index is 13.4. The molecular weight excluding hydrogens is 464 g/mol. The number of allylic oxidation sites excluding steroid dienone is 1. The third-order valence-corrected chi connectivity index (χ3v) is 7.64. The fourth-order valence-electron chi connectivity index (χ4n) is 4.71. The second-order valence-electron chi connectivity index (χ2n) is 9.54. The van der Waals surface area contributed by atoms with E-state index in [2.05, 4.69) is 54.8 Å². The zero-order chi connectivity index (χ0) is 23.9. The van der Waals surface area contributed by atoms with Crippen LogP contribution in [-0.2, 0) is 4.79 Å². The number of halogens is 1. The Bertz CT molecular complexity index is 1280. The molecule has 0 amide bonds. The molecule has 0 radical (unpaired) electrons. The van der Waals surface area contributed by atoms with Crippen molar-refractivity contribution in [1.29, 1.82) is 0 Å². The van der Waals surface area contributed by atoms with Crippen LogP contribution < -0.4 is 15.4 Å². The summed E-state index contributed by atoms with van der Waals surface area (Å²) in [5, 5.41) is 7.91. The van der Waals surface area contributed by atoms with Gasteiger partial charge in [-0.2, -0.15) is 0 Å². The topological polar surface area (TPSA) is 50.4 Å². The summed E-state index contributed by atoms with van der Waals surface area (Å²) in [6.07, 6.45) is 1.32. The van der Waals surface area contributed by atoms with Crippen LogP contribution in [0.5, 0.6) is 5.75 Å². The molecule has 4 nitrogen and oxygen atoms in total. The van der Waals surface area contributed by atoms with E-state index in [1.807, 2.05) is 36.4 Å². The molecule has 5 rings (SSSR count). The minimum Gasteiger partial charge on any atom is -0.497 e. The molecule has 0 fully saturated rings. The molecule has 0 saturated carbocycles. The van der Waals surface area contributed by atoms with Gasteiger partial charge in [0.05, 0.1) is 24.5 Å². The molecule has 0 bridgehead atoms. The Balaban J connectivity index is 1.55. The lowest BCUT2D eigenvalue weighted by Crippen LogP contribution is -2.31. The smallest absolute Gasteiger partial charge is 0.163 e. The number of methoxy groups -OCH3 is 1. The number of hydrogen-bond acceptors (Lipinski definition) is 5. The van der Waals surface area contributed by atoms with E-state index < -0.39 is 0 Å². The van der Waals surface area contributed by atoms with Crippen LogP contribution in [0.3, 0.4) is 0 Å². The molecule has 1 aliphatic carbocycles. The first kappa shape index (κ1) is 22.9. The SMILES string of the molecule is COc1ccc(Sc2ccc3c(c2)NC(c2ccccc2Cl)C2=C(CC(C)(C)CC2=O)N3)cc1. The molecule has 1 atom stereocenters. The van der Waals surface area contributed by atoms with Gasteiger partial charge in [-0.1, -0.05) is 55.4 Å². The number of hydrogen-bond donors (Lipinski definition) is 2. The fourth-order valence-corrected chi connectivity index (χ4v) is 5.81. The van der Waals surface area contributed by atoms with Gasteiger partial charge in [-0.15, -0.1) is 0 Å². The molecule has 3 aromatic carbocycles. The summed E-state index contributed by atoms with van der Waals surface area (Å²) in [7, 11) is 1.67. The number of Topliss-reactive ketones (excluding diaryl/α,β-unsaturated/α-hetero) is 1. The zero-order valence-corrected chi connectivity index (χ0v) is 21.0. The lowest BCUT2D eigenvalue weighted by Gasteiger charge is -2.34. The number of ketones is 1. The van der Waals surface area contributed by atoms with Crippen molar-refractivity contribution in [3.05, 3.63) is 88.6 Å². The number of ether oxygens (including phenoxy) is 1. The van der Waals surface area contributed by atoms with Gasteiger partial charge in [-0.25, -0.2) is 0 Å². The Hall–Kier alpha value is -2.89. The first-order valence-corrected chi connectivity index (χ1v) is 12.5. The van der Waals surface area contributed by atoms with Gasteiger partial charge in [0.25, 0.3) is 0 Å². The number of rotatable bonds is 4. The molecule has 1 heterocycles. The lowest BCUT2D eigenvalue weighted by molar-refractivity contribution is -0.118. The summed E-state index contributed by atoms with van der Waals surface area (Å²) in [5.41, 5.74) is 4.49. The quantitative estimate of drug-likeness (QED) is 0.392. The number of nitrogens with one attached hydrogen (secondary N) is 2. The monoisotopic (exact) mass is 490 g/mol. The Morgan fingerprint density at radius 3 is 2.44 bits per heavy atom. The van der Waals surface area contributed by atoms with Crippen LogP contribution in [-0.4, -0.2) is 12.9 Å². The molecule has 1 unspecified atom stereocenters. The molecule has 1 aliphatic heterocycles. The molecule has 6 heteroatoms. The van der Waals surface area contributed by atoms with Crippen molar-refractivity contribution < 1.29 is 9.53 Å². The van der Waals surface area contributed by atoms with Crippen LogP contribution in [0, 0.1) is 5.41 Å². The van der Waals surface area contributed by atoms with Crippen molar-refractivity contribution in [3.63, 3.8) is 0 Å². The van der Waals surface area contributed by atoms with Crippen molar-refractivity contribution in [3.8, 4) is 5.75 Å². The van der Waals surface area contributed by atoms with Crippen LogP contribution >= 0.6 is 23.4 Å². The van der Waals surface area contributed by atoms with Gasteiger partial charge in [0.1, 0.15) is 5.75 Å². The summed E-state index contributed by atoms with van der Waals surface area (Å²) >= 11 is 8.31. The van der Waals surface area contributed by atoms with Crippen LogP contribution in [0.1, 0.15) is 38.3 Å². The fraction of sp³-hybridized carbons (Fsp3) is 0.250. The van der Waals surface area contributed by atoms with E-state index in [1.54, 1.807) is 18.9 Å². The summed E-state index contributed by atoms with van der Waals surface area (Å²) in [6, 6.07) is 21.8. The molecule has 0 saturated heterocycles. The van der Waals surface area contributed by atoms with Crippen LogP contribution in [0.2, 0.25) is 5.02 Å². The second kappa shape index (κ2) is 9.05. The van der Waals surface area contributed by atoms with E-state index in [0.717, 1.165) is 50.2 Å². The van der Waals surface area contributed by atoms with E-state index in [-0.39, 0.29) is 17.2 Å². The number of fused-ring (bicyclic) bond motifs is 1. The highest BCUT2D eigenvalue weighted by Crippen LogP contribution is 2.47. The van der Waals surface area contributed by atoms with Gasteiger partial charge in [0, 0.05) is 32.5 Å². The third kappa shape index (κ3) is 4.55. The van der Waals surface area contributed by atoms with Crippen molar-refractivity contribution in [1.82, 2.24) is 0 Å². The van der Waals surface area contributed by atoms with E-state index >= 15 is 0 Å². The van der Waals surface area contributed by atoms with Gasteiger partial charge >= 0.3 is 0 Å². The maximum absolute atomic E-state index is 13.4. The average molecular weight is 491 g/mol. The summed E-state index contributed by atoms with van der Waals surface area (Å²) in [6.45, 7) is 4.30. The van der Waals surface area contributed by atoms with Crippen molar-refractivity contribution in [2.75, 3.05) is 17.7 Å². The predicted molar refractivity (Wildman–Crippen MR) is 140 cm³/mol. The minimum atomic E-state index is -0.317. The van der Waals surface area contributed by atoms with Gasteiger partial charge in [-0.05, 0) is 65.9 Å². The highest BCUT2D eigenvalue weighted by atomic mass is 35.5. The number of carbonyl (C=O) groups is 1. The normalized spacial score (nSPS) is 18.8. The van der Waals surface area contributed by atoms with Gasteiger partial charge in [0.2, 0.25) is 0 Å². The minimum absolute atomic E-state index is 0.0946. The summed E-state index contributed by atoms with van der Waals surface area (Å²) in [5.74, 6) is 1.00. The second-order valence-corrected chi connectivity index (χ2v) is 11.1. The Morgan fingerprint density at radius 2 is 1.71 bits per heavy atom. The summed E-state index contributed by atoms with van der Waals surface area (Å²) < 4.78 is 5.27. The molecule has 0 aromatic heterocycles. The molecule has 34 heavy (non-hydrogen) atoms. The highest BCUT2D eigenvalue weighted by molar-refractivity contribution is 7.99. The Morgan fingerprint density at radius 1 is 0.971 bits per heavy atom. The Labute approximate surface area is 209 Å². The highest BCUT2D eigenvalue weighted by Gasteiger charge is 2.39. The molecule has 0 spiro atoms. The van der Waals surface area contributed by atoms with E-state index in [1.165, 1.54) is 0 Å². The first-order chi connectivity index (χ1) is 16.3. The van der Waals surface area contributed by atoms with Crippen LogP contribution in [0.15, 0.2) is 87.8 Å². The maximum Gasteiger partial charge on any atom is 0.163 e. The average Bonchev–Trinajstić information content (AvgIpc) is 2.95. The van der Waals surface area contributed by atoms with Gasteiger partial charge in [0.15, 0.2) is 5.78 Å². The number of benzene rings is 3. The van der Waals surface area contributed by atoms with Crippen molar-refractivity contribution >= 4 is 40.5 Å². The number of carbonyl (C=O) groups excluding carboxylic acids is 1. The van der Waals surface area contributed by atoms with Crippen molar-refractivity contribution in [2.45, 2.75) is 42.5 Å². The molecule has 2 aliphatic rings. The largest absolute Gasteiger partial charge is 0.497 e. The van der Waals surface area contributed by atoms with E-state index in [4.69, 9.17) is 16.3 Å². The first-order valence-electron chi connectivity index (χ1n) is 11.3. The van der Waals surface area contributed by atoms with Gasteiger partial charge < -0.3 is 15.4 Å². The molecule has 2 N–H and O–H groups in total. The van der Waals surface area contributed by atoms with Gasteiger partial charge in [-0.3, -0.25) is 4.79 Å². The third-order valence-electron chi connectivity index (χ3n) is 6.30. The zero-order valence-electron chi connectivity index (χ0n) is 19.4.